The van der Waals surface area contributed by atoms with Crippen LogP contribution in [0.15, 0.2) is 67.0 Å². The van der Waals surface area contributed by atoms with Gasteiger partial charge < -0.3 is 9.80 Å². The van der Waals surface area contributed by atoms with Crippen LogP contribution in [-0.2, 0) is 7.05 Å². The molecule has 3 heterocycles. The third-order valence-corrected chi connectivity index (χ3v) is 6.04. The maximum absolute atomic E-state index is 12.7. The maximum Gasteiger partial charge on any atom is 0.255 e. The van der Waals surface area contributed by atoms with Crippen LogP contribution in [-0.4, -0.2) is 51.8 Å². The van der Waals surface area contributed by atoms with Crippen molar-refractivity contribution in [1.29, 1.82) is 0 Å². The zero-order chi connectivity index (χ0) is 21.4. The van der Waals surface area contributed by atoms with Gasteiger partial charge in [-0.15, -0.1) is 0 Å². The molecule has 2 aromatic carbocycles. The minimum absolute atomic E-state index is 0.0632. The van der Waals surface area contributed by atoms with Gasteiger partial charge in [0.15, 0.2) is 0 Å². The third-order valence-electron chi connectivity index (χ3n) is 6.04. The molecule has 4 aromatic rings. The van der Waals surface area contributed by atoms with Gasteiger partial charge >= 0.3 is 0 Å². The second kappa shape index (κ2) is 7.87. The number of aromatic nitrogens is 3. The molecule has 6 nitrogen and oxygen atoms in total. The largest absolute Gasteiger partial charge is 0.368 e. The number of amides is 1. The van der Waals surface area contributed by atoms with Crippen LogP contribution in [0.5, 0.6) is 0 Å². The average molecular weight is 412 g/mol. The maximum atomic E-state index is 12.7. The fraction of sp³-hybridized carbons (Fsp3) is 0.240. The number of nitrogens with zero attached hydrogens (tertiary/aromatic N) is 5. The molecular formula is C25H25N5O. The fourth-order valence-electron chi connectivity index (χ4n) is 4.15. The molecule has 1 aliphatic rings. The molecule has 0 N–H and O–H groups in total. The Balaban J connectivity index is 1.25. The lowest BCUT2D eigenvalue weighted by Gasteiger charge is -2.36. The summed E-state index contributed by atoms with van der Waals surface area (Å²) in [5.41, 5.74) is 6.29. The van der Waals surface area contributed by atoms with Gasteiger partial charge in [-0.05, 0) is 54.4 Å². The molecule has 1 saturated heterocycles. The van der Waals surface area contributed by atoms with Crippen molar-refractivity contribution in [3.63, 3.8) is 0 Å². The van der Waals surface area contributed by atoms with Crippen molar-refractivity contribution in [3.8, 4) is 11.1 Å². The zero-order valence-electron chi connectivity index (χ0n) is 17.8. The highest BCUT2D eigenvalue weighted by atomic mass is 16.2. The van der Waals surface area contributed by atoms with Crippen LogP contribution in [0.25, 0.3) is 22.0 Å². The molecule has 0 unspecified atom stereocenters. The predicted molar refractivity (Wildman–Crippen MR) is 123 cm³/mol. The molecule has 5 rings (SSSR count). The first-order chi connectivity index (χ1) is 15.1. The lowest BCUT2D eigenvalue weighted by atomic mass is 10.0. The highest BCUT2D eigenvalue weighted by molar-refractivity contribution is 5.94. The van der Waals surface area contributed by atoms with Crippen molar-refractivity contribution < 1.29 is 4.79 Å². The summed E-state index contributed by atoms with van der Waals surface area (Å²) in [5, 5.41) is 5.47. The molecule has 6 heteroatoms. The summed E-state index contributed by atoms with van der Waals surface area (Å²) >= 11 is 0. The number of aryl methyl sites for hydroxylation is 2. The lowest BCUT2D eigenvalue weighted by Crippen LogP contribution is -2.48. The van der Waals surface area contributed by atoms with Gasteiger partial charge in [0, 0.05) is 56.2 Å². The highest BCUT2D eigenvalue weighted by Crippen LogP contribution is 2.27. The van der Waals surface area contributed by atoms with E-state index in [4.69, 9.17) is 0 Å². The van der Waals surface area contributed by atoms with Gasteiger partial charge in [0.1, 0.15) is 0 Å². The van der Waals surface area contributed by atoms with Crippen molar-refractivity contribution in [2.75, 3.05) is 31.1 Å². The molecule has 1 aliphatic heterocycles. The molecule has 0 atom stereocenters. The number of benzene rings is 2. The van der Waals surface area contributed by atoms with Gasteiger partial charge in [0.05, 0.1) is 17.3 Å². The highest BCUT2D eigenvalue weighted by Gasteiger charge is 2.22. The molecule has 156 valence electrons. The number of piperazine rings is 1. The van der Waals surface area contributed by atoms with Crippen LogP contribution in [0.1, 0.15) is 16.1 Å². The Morgan fingerprint density at radius 1 is 0.871 bits per heavy atom. The van der Waals surface area contributed by atoms with E-state index in [2.05, 4.69) is 57.4 Å². The van der Waals surface area contributed by atoms with E-state index in [1.807, 2.05) is 41.9 Å². The minimum Gasteiger partial charge on any atom is -0.368 e. The van der Waals surface area contributed by atoms with Crippen LogP contribution in [0.4, 0.5) is 5.69 Å². The second-order valence-corrected chi connectivity index (χ2v) is 8.06. The van der Waals surface area contributed by atoms with Crippen molar-refractivity contribution in [3.05, 3.63) is 78.2 Å². The molecule has 0 aliphatic carbocycles. The Morgan fingerprint density at radius 3 is 2.32 bits per heavy atom. The predicted octanol–water partition coefficient (Wildman–Crippen LogP) is 3.91. The molecule has 0 bridgehead atoms. The quantitative estimate of drug-likeness (QED) is 0.513. The Hall–Kier alpha value is -3.67. The van der Waals surface area contributed by atoms with Crippen molar-refractivity contribution in [2.45, 2.75) is 6.92 Å². The van der Waals surface area contributed by atoms with Crippen LogP contribution in [0.3, 0.4) is 0 Å². The van der Waals surface area contributed by atoms with Crippen LogP contribution >= 0.6 is 0 Å². The van der Waals surface area contributed by atoms with E-state index in [1.165, 1.54) is 16.8 Å². The summed E-state index contributed by atoms with van der Waals surface area (Å²) in [6.07, 6.45) is 3.58. The molecule has 0 spiro atoms. The molecule has 0 radical (unpaired) electrons. The molecule has 1 amide bonds. The summed E-state index contributed by atoms with van der Waals surface area (Å²) in [4.78, 5) is 21.2. The number of pyridine rings is 1. The standard InChI is InChI=1S/C25H25N5O/c1-18-3-4-21(16-26-18)25(31)30-13-11-29(12-14-30)23-8-5-19(6-9-23)20-7-10-24-22(15-20)17-27-28(24)2/h3-10,15-17H,11-14H2,1-2H3. The third kappa shape index (κ3) is 3.77. The first-order valence-corrected chi connectivity index (χ1v) is 10.6. The van der Waals surface area contributed by atoms with Gasteiger partial charge in [-0.25, -0.2) is 0 Å². The van der Waals surface area contributed by atoms with E-state index in [1.54, 1.807) is 6.20 Å². The number of hydrogen-bond acceptors (Lipinski definition) is 4. The Bertz CT molecular complexity index is 1220. The topological polar surface area (TPSA) is 54.3 Å². The van der Waals surface area contributed by atoms with Gasteiger partial charge in [-0.3, -0.25) is 14.5 Å². The monoisotopic (exact) mass is 411 g/mol. The van der Waals surface area contributed by atoms with Crippen LogP contribution < -0.4 is 4.90 Å². The number of anilines is 1. The Labute approximate surface area is 181 Å². The number of hydrogen-bond donors (Lipinski definition) is 0. The summed E-state index contributed by atoms with van der Waals surface area (Å²) in [5.74, 6) is 0.0632. The number of fused-ring (bicyclic) bond motifs is 1. The van der Waals surface area contributed by atoms with Gasteiger partial charge in [-0.1, -0.05) is 18.2 Å². The Kier molecular flexibility index (Phi) is 4.90. The first kappa shape index (κ1) is 19.3. The minimum atomic E-state index is 0.0632. The summed E-state index contributed by atoms with van der Waals surface area (Å²) < 4.78 is 1.89. The smallest absolute Gasteiger partial charge is 0.255 e. The zero-order valence-corrected chi connectivity index (χ0v) is 17.8. The normalized spacial score (nSPS) is 14.3. The molecule has 1 fully saturated rings. The molecule has 2 aromatic heterocycles. The lowest BCUT2D eigenvalue weighted by molar-refractivity contribution is 0.0746. The Morgan fingerprint density at radius 2 is 1.61 bits per heavy atom. The van der Waals surface area contributed by atoms with E-state index in [9.17, 15) is 4.79 Å². The van der Waals surface area contributed by atoms with Gasteiger partial charge in [-0.2, -0.15) is 5.10 Å². The van der Waals surface area contributed by atoms with E-state index >= 15 is 0 Å². The van der Waals surface area contributed by atoms with Crippen molar-refractivity contribution in [1.82, 2.24) is 19.7 Å². The number of carbonyl (C=O) groups is 1. The van der Waals surface area contributed by atoms with E-state index in [0.29, 0.717) is 18.7 Å². The van der Waals surface area contributed by atoms with Gasteiger partial charge in [0.2, 0.25) is 0 Å². The van der Waals surface area contributed by atoms with Gasteiger partial charge in [0.25, 0.3) is 5.91 Å². The number of carbonyl (C=O) groups excluding carboxylic acids is 1. The second-order valence-electron chi connectivity index (χ2n) is 8.06. The van der Waals surface area contributed by atoms with E-state index in [-0.39, 0.29) is 5.91 Å². The van der Waals surface area contributed by atoms with Crippen molar-refractivity contribution >= 4 is 22.5 Å². The summed E-state index contributed by atoms with van der Waals surface area (Å²) in [6.45, 7) is 5.01. The molecule has 0 saturated carbocycles. The van der Waals surface area contributed by atoms with E-state index in [0.717, 1.165) is 29.7 Å². The van der Waals surface area contributed by atoms with E-state index < -0.39 is 0 Å². The molecular weight excluding hydrogens is 386 g/mol. The average Bonchev–Trinajstić information content (AvgIpc) is 3.19. The fourth-order valence-corrected chi connectivity index (χ4v) is 4.15. The molecule has 31 heavy (non-hydrogen) atoms. The van der Waals surface area contributed by atoms with Crippen molar-refractivity contribution in [2.24, 2.45) is 7.05 Å². The summed E-state index contributed by atoms with van der Waals surface area (Å²) in [6, 6.07) is 18.9. The number of rotatable bonds is 3. The first-order valence-electron chi connectivity index (χ1n) is 10.6. The van der Waals surface area contributed by atoms with Crippen LogP contribution in [0, 0.1) is 6.92 Å². The van der Waals surface area contributed by atoms with Crippen LogP contribution in [0.2, 0.25) is 0 Å². The SMILES string of the molecule is Cc1ccc(C(=O)N2CCN(c3ccc(-c4ccc5c(cnn5C)c4)cc3)CC2)cn1. The summed E-state index contributed by atoms with van der Waals surface area (Å²) in [7, 11) is 1.96.